The van der Waals surface area contributed by atoms with Crippen LogP contribution in [0.25, 0.3) is 0 Å². The summed E-state index contributed by atoms with van der Waals surface area (Å²) in [7, 11) is 1.66. The zero-order chi connectivity index (χ0) is 13.9. The summed E-state index contributed by atoms with van der Waals surface area (Å²) in [6, 6.07) is 1.51. The van der Waals surface area contributed by atoms with Gasteiger partial charge in [-0.3, -0.25) is 4.79 Å². The fourth-order valence-electron chi connectivity index (χ4n) is 1.47. The standard InChI is InChI=1S/C12H22N4O3/c1-18-6-2-7-19-8-5-16-12(17)9-11(10-15-16)14-4-3-13/h9-10,14H,2-8,13H2,1H3. The third kappa shape index (κ3) is 6.32. The number of methoxy groups -OCH3 is 1. The first kappa shape index (κ1) is 15.6. The molecule has 0 aliphatic heterocycles. The van der Waals surface area contributed by atoms with E-state index in [2.05, 4.69) is 10.4 Å². The first-order chi connectivity index (χ1) is 9.27. The highest BCUT2D eigenvalue weighted by Gasteiger charge is 1.99. The first-order valence-electron chi connectivity index (χ1n) is 6.35. The van der Waals surface area contributed by atoms with Gasteiger partial charge >= 0.3 is 0 Å². The van der Waals surface area contributed by atoms with Crippen molar-refractivity contribution in [3.8, 4) is 0 Å². The van der Waals surface area contributed by atoms with Crippen LogP contribution in [0.2, 0.25) is 0 Å². The highest BCUT2D eigenvalue weighted by molar-refractivity contribution is 5.38. The smallest absolute Gasteiger partial charge is 0.268 e. The summed E-state index contributed by atoms with van der Waals surface area (Å²) < 4.78 is 11.7. The average molecular weight is 270 g/mol. The Hall–Kier alpha value is -1.44. The highest BCUT2D eigenvalue weighted by atomic mass is 16.5. The van der Waals surface area contributed by atoms with Gasteiger partial charge in [0, 0.05) is 39.5 Å². The van der Waals surface area contributed by atoms with E-state index in [-0.39, 0.29) is 5.56 Å². The van der Waals surface area contributed by atoms with Crippen LogP contribution in [-0.4, -0.2) is 49.8 Å². The maximum atomic E-state index is 11.7. The van der Waals surface area contributed by atoms with Crippen LogP contribution in [0.4, 0.5) is 5.69 Å². The second-order valence-corrected chi connectivity index (χ2v) is 3.98. The maximum absolute atomic E-state index is 11.7. The quantitative estimate of drug-likeness (QED) is 0.566. The Morgan fingerprint density at radius 3 is 2.95 bits per heavy atom. The van der Waals surface area contributed by atoms with Crippen LogP contribution in [0, 0.1) is 0 Å². The van der Waals surface area contributed by atoms with Crippen molar-refractivity contribution >= 4 is 5.69 Å². The Morgan fingerprint density at radius 2 is 2.26 bits per heavy atom. The predicted octanol–water partition coefficient (Wildman–Crippen LogP) is -0.333. The summed E-state index contributed by atoms with van der Waals surface area (Å²) in [6.07, 6.45) is 2.46. The second-order valence-electron chi connectivity index (χ2n) is 3.98. The molecule has 0 aliphatic carbocycles. The average Bonchev–Trinajstić information content (AvgIpc) is 2.42. The van der Waals surface area contributed by atoms with Crippen molar-refractivity contribution in [1.29, 1.82) is 0 Å². The lowest BCUT2D eigenvalue weighted by Crippen LogP contribution is -2.25. The zero-order valence-electron chi connectivity index (χ0n) is 11.3. The van der Waals surface area contributed by atoms with Gasteiger partial charge in [0.25, 0.3) is 5.56 Å². The Kier molecular flexibility index (Phi) is 7.80. The van der Waals surface area contributed by atoms with Gasteiger partial charge in [-0.05, 0) is 6.42 Å². The molecular formula is C12H22N4O3. The van der Waals surface area contributed by atoms with Crippen molar-refractivity contribution in [3.63, 3.8) is 0 Å². The summed E-state index contributed by atoms with van der Waals surface area (Å²) >= 11 is 0. The van der Waals surface area contributed by atoms with Gasteiger partial charge in [-0.15, -0.1) is 0 Å². The van der Waals surface area contributed by atoms with E-state index in [9.17, 15) is 4.79 Å². The number of aromatic nitrogens is 2. The van der Waals surface area contributed by atoms with Gasteiger partial charge in [0.15, 0.2) is 0 Å². The minimum Gasteiger partial charge on any atom is -0.385 e. The van der Waals surface area contributed by atoms with Gasteiger partial charge in [0.05, 0.1) is 25.0 Å². The highest BCUT2D eigenvalue weighted by Crippen LogP contribution is 1.98. The molecule has 0 aromatic carbocycles. The van der Waals surface area contributed by atoms with Crippen LogP contribution < -0.4 is 16.6 Å². The van der Waals surface area contributed by atoms with Crippen molar-refractivity contribution in [3.05, 3.63) is 22.6 Å². The fraction of sp³-hybridized carbons (Fsp3) is 0.667. The molecule has 7 heteroatoms. The number of hydrogen-bond donors (Lipinski definition) is 2. The number of ether oxygens (including phenoxy) is 2. The lowest BCUT2D eigenvalue weighted by molar-refractivity contribution is 0.0954. The molecule has 0 aliphatic rings. The minimum absolute atomic E-state index is 0.150. The van der Waals surface area contributed by atoms with E-state index >= 15 is 0 Å². The van der Waals surface area contributed by atoms with E-state index in [1.807, 2.05) is 0 Å². The molecule has 0 fully saturated rings. The second kappa shape index (κ2) is 9.48. The Morgan fingerprint density at radius 1 is 1.42 bits per heavy atom. The molecule has 0 atom stereocenters. The summed E-state index contributed by atoms with van der Waals surface area (Å²) in [5.41, 5.74) is 5.91. The molecule has 0 spiro atoms. The summed E-state index contributed by atoms with van der Waals surface area (Å²) in [4.78, 5) is 11.7. The largest absolute Gasteiger partial charge is 0.385 e. The van der Waals surface area contributed by atoms with Crippen molar-refractivity contribution in [2.75, 3.05) is 45.3 Å². The molecule has 1 rings (SSSR count). The molecule has 1 heterocycles. The van der Waals surface area contributed by atoms with Crippen LogP contribution in [0.3, 0.4) is 0 Å². The molecule has 1 aromatic heterocycles. The Balaban J connectivity index is 2.32. The SMILES string of the molecule is COCCCOCCn1ncc(NCCN)cc1=O. The zero-order valence-corrected chi connectivity index (χ0v) is 11.3. The van der Waals surface area contributed by atoms with E-state index in [4.69, 9.17) is 15.2 Å². The summed E-state index contributed by atoms with van der Waals surface area (Å²) in [6.45, 7) is 3.35. The molecule has 19 heavy (non-hydrogen) atoms. The molecule has 0 unspecified atom stereocenters. The van der Waals surface area contributed by atoms with Gasteiger partial charge in [-0.2, -0.15) is 5.10 Å². The summed E-state index contributed by atoms with van der Waals surface area (Å²) in [5, 5.41) is 7.07. The van der Waals surface area contributed by atoms with Crippen molar-refractivity contribution < 1.29 is 9.47 Å². The predicted molar refractivity (Wildman–Crippen MR) is 73.4 cm³/mol. The van der Waals surface area contributed by atoms with E-state index in [0.717, 1.165) is 6.42 Å². The van der Waals surface area contributed by atoms with Gasteiger partial charge < -0.3 is 20.5 Å². The first-order valence-corrected chi connectivity index (χ1v) is 6.35. The molecular weight excluding hydrogens is 248 g/mol. The maximum Gasteiger partial charge on any atom is 0.268 e. The normalized spacial score (nSPS) is 10.6. The molecule has 7 nitrogen and oxygen atoms in total. The third-order valence-electron chi connectivity index (χ3n) is 2.43. The number of nitrogens with zero attached hydrogens (tertiary/aromatic N) is 2. The molecule has 0 amide bonds. The van der Waals surface area contributed by atoms with Crippen LogP contribution in [-0.2, 0) is 16.0 Å². The number of anilines is 1. The lowest BCUT2D eigenvalue weighted by Gasteiger charge is -2.08. The van der Waals surface area contributed by atoms with Crippen LogP contribution in [0.5, 0.6) is 0 Å². The van der Waals surface area contributed by atoms with E-state index in [1.54, 1.807) is 13.3 Å². The van der Waals surface area contributed by atoms with Gasteiger partial charge in [-0.25, -0.2) is 4.68 Å². The molecule has 108 valence electrons. The van der Waals surface area contributed by atoms with Gasteiger partial charge in [-0.1, -0.05) is 0 Å². The molecule has 0 saturated carbocycles. The number of hydrogen-bond acceptors (Lipinski definition) is 6. The van der Waals surface area contributed by atoms with Crippen LogP contribution >= 0.6 is 0 Å². The number of nitrogens with two attached hydrogens (primary N) is 1. The molecule has 3 N–H and O–H groups in total. The Labute approximate surface area is 112 Å². The fourth-order valence-corrected chi connectivity index (χ4v) is 1.47. The monoisotopic (exact) mass is 270 g/mol. The van der Waals surface area contributed by atoms with E-state index < -0.39 is 0 Å². The van der Waals surface area contributed by atoms with E-state index in [1.165, 1.54) is 10.7 Å². The van der Waals surface area contributed by atoms with Crippen LogP contribution in [0.15, 0.2) is 17.1 Å². The minimum atomic E-state index is -0.150. The van der Waals surface area contributed by atoms with Gasteiger partial charge in [0.2, 0.25) is 0 Å². The lowest BCUT2D eigenvalue weighted by atomic mass is 10.4. The topological polar surface area (TPSA) is 91.4 Å². The third-order valence-corrected chi connectivity index (χ3v) is 2.43. The van der Waals surface area contributed by atoms with Crippen LogP contribution in [0.1, 0.15) is 6.42 Å². The van der Waals surface area contributed by atoms with Gasteiger partial charge in [0.1, 0.15) is 0 Å². The number of rotatable bonds is 10. The molecule has 0 bridgehead atoms. The van der Waals surface area contributed by atoms with Crippen molar-refractivity contribution in [2.24, 2.45) is 5.73 Å². The molecule has 1 aromatic rings. The van der Waals surface area contributed by atoms with E-state index in [0.29, 0.717) is 45.1 Å². The number of nitrogens with one attached hydrogen (secondary N) is 1. The molecule has 0 saturated heterocycles. The van der Waals surface area contributed by atoms with Crippen molar-refractivity contribution in [1.82, 2.24) is 9.78 Å². The molecule has 0 radical (unpaired) electrons. The Bertz CT molecular complexity index is 408. The summed E-state index contributed by atoms with van der Waals surface area (Å²) in [5.74, 6) is 0. The van der Waals surface area contributed by atoms with Crippen molar-refractivity contribution in [2.45, 2.75) is 13.0 Å².